The van der Waals surface area contributed by atoms with E-state index in [2.05, 4.69) is 11.4 Å². The molecule has 4 heterocycles. The molecular formula is C34H32N6O6. The van der Waals surface area contributed by atoms with Gasteiger partial charge in [-0.15, -0.1) is 0 Å². The van der Waals surface area contributed by atoms with Crippen molar-refractivity contribution in [3.8, 4) is 17.6 Å². The van der Waals surface area contributed by atoms with Crippen molar-refractivity contribution < 1.29 is 23.8 Å². The summed E-state index contributed by atoms with van der Waals surface area (Å²) in [6.45, 7) is 1.18. The molecule has 7 rings (SSSR count). The molecule has 12 nitrogen and oxygen atoms in total. The van der Waals surface area contributed by atoms with Gasteiger partial charge in [-0.2, -0.15) is 5.26 Å². The number of ether oxygens (including phenoxy) is 3. The van der Waals surface area contributed by atoms with Gasteiger partial charge in [-0.3, -0.25) is 19.4 Å². The third-order valence-corrected chi connectivity index (χ3v) is 8.91. The number of carbonyl (C=O) groups excluding carboxylic acids is 2. The van der Waals surface area contributed by atoms with Crippen LogP contribution in [0, 0.1) is 11.3 Å². The number of methoxy groups -OCH3 is 1. The summed E-state index contributed by atoms with van der Waals surface area (Å²) in [5.41, 5.74) is 2.01. The van der Waals surface area contributed by atoms with Crippen molar-refractivity contribution in [3.05, 3.63) is 88.2 Å². The lowest BCUT2D eigenvalue weighted by Crippen LogP contribution is -2.47. The zero-order chi connectivity index (χ0) is 31.8. The van der Waals surface area contributed by atoms with Crippen LogP contribution in [0.1, 0.15) is 30.4 Å². The normalized spacial score (nSPS) is 20.5. The predicted molar refractivity (Wildman–Crippen MR) is 169 cm³/mol. The zero-order valence-electron chi connectivity index (χ0n) is 25.2. The first kappa shape index (κ1) is 29.3. The number of nitriles is 1. The number of anilines is 2. The van der Waals surface area contributed by atoms with Gasteiger partial charge in [0.25, 0.3) is 11.5 Å². The maximum atomic E-state index is 13.2. The highest BCUT2D eigenvalue weighted by Crippen LogP contribution is 2.39. The smallest absolute Gasteiger partial charge is 0.416 e. The van der Waals surface area contributed by atoms with Gasteiger partial charge in [0, 0.05) is 31.6 Å². The number of aromatic nitrogens is 2. The Kier molecular flexibility index (Phi) is 7.76. The van der Waals surface area contributed by atoms with Crippen molar-refractivity contribution in [2.75, 3.05) is 30.1 Å². The molecule has 2 aliphatic heterocycles. The van der Waals surface area contributed by atoms with Gasteiger partial charge in [0.15, 0.2) is 18.2 Å². The molecule has 1 N–H and O–H groups in total. The van der Waals surface area contributed by atoms with Crippen molar-refractivity contribution in [3.63, 3.8) is 0 Å². The number of pyridine rings is 2. The van der Waals surface area contributed by atoms with E-state index >= 15 is 0 Å². The summed E-state index contributed by atoms with van der Waals surface area (Å²) in [5.74, 6) is 1.75. The second kappa shape index (κ2) is 12.2. The van der Waals surface area contributed by atoms with Gasteiger partial charge >= 0.3 is 6.09 Å². The van der Waals surface area contributed by atoms with Gasteiger partial charge in [0.2, 0.25) is 0 Å². The fourth-order valence-corrected chi connectivity index (χ4v) is 6.55. The molecule has 3 atom stereocenters. The first-order valence-electron chi connectivity index (χ1n) is 15.3. The SMILES string of the molecule is COc1ccc(CN2C(=O)COc3ccc(N4C(=O)O[C@H]5C[C@@H](NCCn6c(=O)ccc7ccc(C#N)cc76)CC[C@@H]54)nc32)cc1. The van der Waals surface area contributed by atoms with E-state index in [-0.39, 0.29) is 36.3 Å². The number of amides is 2. The van der Waals surface area contributed by atoms with E-state index in [0.717, 1.165) is 28.6 Å². The lowest BCUT2D eigenvalue weighted by atomic mass is 9.88. The van der Waals surface area contributed by atoms with Crippen LogP contribution in [0.3, 0.4) is 0 Å². The summed E-state index contributed by atoms with van der Waals surface area (Å²) < 4.78 is 18.4. The van der Waals surface area contributed by atoms with E-state index in [9.17, 15) is 19.6 Å². The van der Waals surface area contributed by atoms with Gasteiger partial charge in [0.05, 0.1) is 36.8 Å². The summed E-state index contributed by atoms with van der Waals surface area (Å²) in [4.78, 5) is 46.7. The second-order valence-electron chi connectivity index (χ2n) is 11.6. The molecule has 1 saturated carbocycles. The number of nitrogens with zero attached hydrogens (tertiary/aromatic N) is 5. The Bertz CT molecular complexity index is 1920. The van der Waals surface area contributed by atoms with Crippen LogP contribution in [0.15, 0.2) is 71.5 Å². The van der Waals surface area contributed by atoms with Crippen molar-refractivity contribution >= 4 is 34.5 Å². The lowest BCUT2D eigenvalue weighted by molar-refractivity contribution is -0.121. The van der Waals surface area contributed by atoms with Crippen LogP contribution in [0.5, 0.6) is 11.5 Å². The van der Waals surface area contributed by atoms with Crippen LogP contribution in [-0.2, 0) is 22.6 Å². The minimum absolute atomic E-state index is 0.0922. The van der Waals surface area contributed by atoms with Gasteiger partial charge in [0.1, 0.15) is 17.7 Å². The molecular weight excluding hydrogens is 588 g/mol. The Morgan fingerprint density at radius 3 is 2.67 bits per heavy atom. The van der Waals surface area contributed by atoms with Crippen molar-refractivity contribution in [2.24, 2.45) is 0 Å². The summed E-state index contributed by atoms with van der Waals surface area (Å²) in [6.07, 6.45) is 1.31. The Balaban J connectivity index is 1.03. The molecule has 46 heavy (non-hydrogen) atoms. The van der Waals surface area contributed by atoms with Gasteiger partial charge in [-0.25, -0.2) is 9.78 Å². The van der Waals surface area contributed by atoms with Crippen LogP contribution in [0.4, 0.5) is 16.4 Å². The van der Waals surface area contributed by atoms with Gasteiger partial charge < -0.3 is 24.1 Å². The molecule has 2 aromatic heterocycles. The van der Waals surface area contributed by atoms with Crippen LogP contribution in [-0.4, -0.2) is 60.0 Å². The maximum Gasteiger partial charge on any atom is 0.416 e. The number of hydrogen-bond donors (Lipinski definition) is 1. The van der Waals surface area contributed by atoms with Crippen LogP contribution in [0.2, 0.25) is 0 Å². The highest BCUT2D eigenvalue weighted by molar-refractivity contribution is 5.97. The fourth-order valence-electron chi connectivity index (χ4n) is 6.55. The molecule has 0 bridgehead atoms. The minimum Gasteiger partial charge on any atom is -0.497 e. The first-order valence-corrected chi connectivity index (χ1v) is 15.3. The molecule has 234 valence electrons. The van der Waals surface area contributed by atoms with E-state index in [1.165, 1.54) is 0 Å². The number of nitrogens with one attached hydrogen (secondary N) is 1. The fraction of sp³-hybridized carbons (Fsp3) is 0.324. The molecule has 12 heteroatoms. The molecule has 1 aliphatic carbocycles. The molecule has 3 aliphatic rings. The monoisotopic (exact) mass is 620 g/mol. The Labute approximate surface area is 264 Å². The van der Waals surface area contributed by atoms with E-state index in [0.29, 0.717) is 55.4 Å². The summed E-state index contributed by atoms with van der Waals surface area (Å²) >= 11 is 0. The number of benzene rings is 2. The lowest BCUT2D eigenvalue weighted by Gasteiger charge is -2.34. The third-order valence-electron chi connectivity index (χ3n) is 8.91. The maximum absolute atomic E-state index is 13.2. The minimum atomic E-state index is -0.469. The van der Waals surface area contributed by atoms with Crippen molar-refractivity contribution in [1.29, 1.82) is 5.26 Å². The van der Waals surface area contributed by atoms with E-state index in [1.54, 1.807) is 57.9 Å². The molecule has 2 aromatic carbocycles. The molecule has 2 amide bonds. The number of carbonyl (C=O) groups is 2. The zero-order valence-corrected chi connectivity index (χ0v) is 25.2. The Morgan fingerprint density at radius 1 is 1.04 bits per heavy atom. The standard InChI is InChI=1S/C34H32N6O6/c1-44-25-8-3-21(4-9-25)19-39-32(42)20-45-28-11-12-30(37-33(28)39)40-26-10-7-24(17-29(26)46-34(40)43)36-14-15-38-27-16-22(18-35)2-5-23(27)6-13-31(38)41/h2-6,8-9,11-13,16,24,26,29,36H,7,10,14-15,17,19-20H2,1H3/t24-,26-,29-/m0/s1. The Hall–Kier alpha value is -5.41. The predicted octanol–water partition coefficient (Wildman–Crippen LogP) is 3.74. The molecule has 0 spiro atoms. The highest BCUT2D eigenvalue weighted by Gasteiger charge is 2.47. The molecule has 0 radical (unpaired) electrons. The average molecular weight is 621 g/mol. The van der Waals surface area contributed by atoms with E-state index < -0.39 is 6.09 Å². The molecule has 2 fully saturated rings. The third kappa shape index (κ3) is 5.50. The van der Waals surface area contributed by atoms with Gasteiger partial charge in [-0.1, -0.05) is 18.2 Å². The molecule has 4 aromatic rings. The second-order valence-corrected chi connectivity index (χ2v) is 11.6. The summed E-state index contributed by atoms with van der Waals surface area (Å²) in [5, 5.41) is 13.7. The average Bonchev–Trinajstić information content (AvgIpc) is 3.41. The van der Waals surface area contributed by atoms with E-state index in [1.807, 2.05) is 30.3 Å². The van der Waals surface area contributed by atoms with Crippen LogP contribution >= 0.6 is 0 Å². The van der Waals surface area contributed by atoms with Crippen LogP contribution < -0.4 is 30.1 Å². The van der Waals surface area contributed by atoms with Crippen LogP contribution in [0.25, 0.3) is 10.9 Å². The number of hydrogen-bond acceptors (Lipinski definition) is 9. The quantitative estimate of drug-likeness (QED) is 0.312. The number of rotatable bonds is 8. The molecule has 1 saturated heterocycles. The largest absolute Gasteiger partial charge is 0.497 e. The van der Waals surface area contributed by atoms with Crippen molar-refractivity contribution in [2.45, 2.75) is 50.5 Å². The van der Waals surface area contributed by atoms with E-state index in [4.69, 9.17) is 19.2 Å². The summed E-state index contributed by atoms with van der Waals surface area (Å²) in [7, 11) is 1.60. The number of fused-ring (bicyclic) bond motifs is 3. The van der Waals surface area contributed by atoms with Gasteiger partial charge in [-0.05, 0) is 66.3 Å². The molecule has 0 unspecified atom stereocenters. The first-order chi connectivity index (χ1) is 22.4. The highest BCUT2D eigenvalue weighted by atomic mass is 16.6. The summed E-state index contributed by atoms with van der Waals surface area (Å²) in [6, 6.07) is 21.6. The topological polar surface area (TPSA) is 139 Å². The Morgan fingerprint density at radius 2 is 1.87 bits per heavy atom. The van der Waals surface area contributed by atoms with Crippen molar-refractivity contribution in [1.82, 2.24) is 14.9 Å².